The van der Waals surface area contributed by atoms with E-state index in [1.165, 1.54) is 43.8 Å². The maximum Gasteiger partial charge on any atom is 0.132 e. The summed E-state index contributed by atoms with van der Waals surface area (Å²) in [6.07, 6.45) is 5.29. The Morgan fingerprint density at radius 2 is 1.95 bits per heavy atom. The Morgan fingerprint density at radius 3 is 2.74 bits per heavy atom. The summed E-state index contributed by atoms with van der Waals surface area (Å²) in [6, 6.07) is 8.37. The summed E-state index contributed by atoms with van der Waals surface area (Å²) < 4.78 is 5.93. The Labute approximate surface area is 121 Å². The van der Waals surface area contributed by atoms with Crippen molar-refractivity contribution in [3.63, 3.8) is 0 Å². The van der Waals surface area contributed by atoms with Crippen LogP contribution < -0.4 is 4.74 Å². The molecule has 0 aromatic heterocycles. The molecule has 3 heteroatoms. The van der Waals surface area contributed by atoms with Gasteiger partial charge in [-0.15, -0.1) is 11.8 Å². The van der Waals surface area contributed by atoms with Crippen LogP contribution in [0.2, 0.25) is 0 Å². The summed E-state index contributed by atoms with van der Waals surface area (Å²) in [6.45, 7) is 6.75. The van der Waals surface area contributed by atoms with Crippen LogP contribution in [0.5, 0.6) is 5.75 Å². The zero-order valence-electron chi connectivity index (χ0n) is 11.9. The molecule has 1 saturated heterocycles. The van der Waals surface area contributed by atoms with Gasteiger partial charge in [0.25, 0.3) is 0 Å². The molecule has 106 valence electrons. The number of ether oxygens (including phenoxy) is 1. The molecule has 0 aliphatic carbocycles. The van der Waals surface area contributed by atoms with Crippen LogP contribution in [0.25, 0.3) is 0 Å². The van der Waals surface area contributed by atoms with Gasteiger partial charge in [-0.2, -0.15) is 0 Å². The van der Waals surface area contributed by atoms with Crippen molar-refractivity contribution in [1.29, 1.82) is 0 Å². The van der Waals surface area contributed by atoms with Crippen LogP contribution in [-0.4, -0.2) is 36.9 Å². The van der Waals surface area contributed by atoms with Crippen molar-refractivity contribution in [3.05, 3.63) is 24.3 Å². The van der Waals surface area contributed by atoms with Crippen LogP contribution in [-0.2, 0) is 0 Å². The molecule has 0 N–H and O–H groups in total. The summed E-state index contributed by atoms with van der Waals surface area (Å²) >= 11 is 1.85. The Bertz CT molecular complexity index is 364. The molecule has 0 amide bonds. The minimum absolute atomic E-state index is 0.831. The van der Waals surface area contributed by atoms with E-state index in [2.05, 4.69) is 36.1 Å². The van der Waals surface area contributed by atoms with Crippen molar-refractivity contribution in [1.82, 2.24) is 4.90 Å². The number of nitrogens with zero attached hydrogens (tertiary/aromatic N) is 1. The van der Waals surface area contributed by atoms with Gasteiger partial charge in [0.15, 0.2) is 0 Å². The van der Waals surface area contributed by atoms with Gasteiger partial charge in [-0.05, 0) is 50.2 Å². The number of rotatable bonds is 7. The molecular formula is C16H25NOS. The third-order valence-electron chi connectivity index (χ3n) is 3.47. The summed E-state index contributed by atoms with van der Waals surface area (Å²) in [4.78, 5) is 3.84. The monoisotopic (exact) mass is 279 g/mol. The first-order valence-corrected chi connectivity index (χ1v) is 8.45. The highest BCUT2D eigenvalue weighted by atomic mass is 32.2. The van der Waals surface area contributed by atoms with E-state index in [1.807, 2.05) is 11.8 Å². The zero-order chi connectivity index (χ0) is 13.3. The average Bonchev–Trinajstić information content (AvgIpc) is 2.47. The van der Waals surface area contributed by atoms with Crippen molar-refractivity contribution >= 4 is 11.8 Å². The SMILES string of the molecule is CCSc1ccccc1OCCCN1CCCCC1. The van der Waals surface area contributed by atoms with E-state index in [0.29, 0.717) is 0 Å². The molecular weight excluding hydrogens is 254 g/mol. The number of benzene rings is 1. The van der Waals surface area contributed by atoms with Crippen LogP contribution >= 0.6 is 11.8 Å². The van der Waals surface area contributed by atoms with E-state index >= 15 is 0 Å². The number of hydrogen-bond donors (Lipinski definition) is 0. The molecule has 1 heterocycles. The average molecular weight is 279 g/mol. The fourth-order valence-corrected chi connectivity index (χ4v) is 3.25. The van der Waals surface area contributed by atoms with Crippen LogP contribution in [0.3, 0.4) is 0 Å². The van der Waals surface area contributed by atoms with Gasteiger partial charge in [-0.3, -0.25) is 0 Å². The summed E-state index contributed by atoms with van der Waals surface area (Å²) in [7, 11) is 0. The molecule has 0 spiro atoms. The number of para-hydroxylation sites is 1. The van der Waals surface area contributed by atoms with Gasteiger partial charge in [0, 0.05) is 11.4 Å². The minimum Gasteiger partial charge on any atom is -0.492 e. The van der Waals surface area contributed by atoms with Crippen LogP contribution in [0.15, 0.2) is 29.2 Å². The van der Waals surface area contributed by atoms with Crippen LogP contribution in [0.4, 0.5) is 0 Å². The first-order valence-electron chi connectivity index (χ1n) is 7.47. The first kappa shape index (κ1) is 14.7. The summed E-state index contributed by atoms with van der Waals surface area (Å²) in [5.41, 5.74) is 0. The maximum absolute atomic E-state index is 5.93. The smallest absolute Gasteiger partial charge is 0.132 e. The van der Waals surface area contributed by atoms with Crippen LogP contribution in [0, 0.1) is 0 Å². The van der Waals surface area contributed by atoms with E-state index in [9.17, 15) is 0 Å². The summed E-state index contributed by atoms with van der Waals surface area (Å²) in [5.74, 6) is 2.14. The lowest BCUT2D eigenvalue weighted by Gasteiger charge is -2.26. The van der Waals surface area contributed by atoms with Crippen molar-refractivity contribution in [2.24, 2.45) is 0 Å². The molecule has 2 nitrogen and oxygen atoms in total. The lowest BCUT2D eigenvalue weighted by Crippen LogP contribution is -2.31. The highest BCUT2D eigenvalue weighted by Gasteiger charge is 2.09. The third kappa shape index (κ3) is 5.07. The van der Waals surface area contributed by atoms with E-state index in [4.69, 9.17) is 4.74 Å². The lowest BCUT2D eigenvalue weighted by atomic mass is 10.1. The molecule has 2 rings (SSSR count). The van der Waals surface area contributed by atoms with Crippen molar-refractivity contribution in [3.8, 4) is 5.75 Å². The molecule has 19 heavy (non-hydrogen) atoms. The van der Waals surface area contributed by atoms with E-state index in [1.54, 1.807) is 0 Å². The Hall–Kier alpha value is -0.670. The minimum atomic E-state index is 0.831. The van der Waals surface area contributed by atoms with E-state index < -0.39 is 0 Å². The fraction of sp³-hybridized carbons (Fsp3) is 0.625. The van der Waals surface area contributed by atoms with Gasteiger partial charge in [-0.25, -0.2) is 0 Å². The van der Waals surface area contributed by atoms with Crippen molar-refractivity contribution in [2.45, 2.75) is 37.5 Å². The van der Waals surface area contributed by atoms with Gasteiger partial charge in [-0.1, -0.05) is 25.5 Å². The molecule has 1 aliphatic rings. The number of thioether (sulfide) groups is 1. The quantitative estimate of drug-likeness (QED) is 0.552. The maximum atomic E-state index is 5.93. The topological polar surface area (TPSA) is 12.5 Å². The second kappa shape index (κ2) is 8.49. The molecule has 0 saturated carbocycles. The van der Waals surface area contributed by atoms with Gasteiger partial charge in [0.2, 0.25) is 0 Å². The normalized spacial score (nSPS) is 16.5. The zero-order valence-corrected chi connectivity index (χ0v) is 12.8. The third-order valence-corrected chi connectivity index (χ3v) is 4.41. The Morgan fingerprint density at radius 1 is 1.16 bits per heavy atom. The molecule has 0 radical (unpaired) electrons. The largest absolute Gasteiger partial charge is 0.492 e. The van der Waals surface area contributed by atoms with Crippen LogP contribution in [0.1, 0.15) is 32.6 Å². The van der Waals surface area contributed by atoms with E-state index in [-0.39, 0.29) is 0 Å². The number of hydrogen-bond acceptors (Lipinski definition) is 3. The summed E-state index contributed by atoms with van der Waals surface area (Å²) in [5, 5.41) is 0. The first-order chi connectivity index (χ1) is 9.40. The second-order valence-electron chi connectivity index (χ2n) is 4.98. The number of piperidine rings is 1. The Kier molecular flexibility index (Phi) is 6.58. The van der Waals surface area contributed by atoms with E-state index in [0.717, 1.165) is 24.5 Å². The Balaban J connectivity index is 1.70. The van der Waals surface area contributed by atoms with Gasteiger partial charge >= 0.3 is 0 Å². The molecule has 0 bridgehead atoms. The molecule has 1 aliphatic heterocycles. The molecule has 1 aromatic rings. The number of likely N-dealkylation sites (tertiary alicyclic amines) is 1. The molecule has 0 unspecified atom stereocenters. The second-order valence-corrected chi connectivity index (χ2v) is 6.29. The van der Waals surface area contributed by atoms with Crippen molar-refractivity contribution < 1.29 is 4.74 Å². The standard InChI is InChI=1S/C16H25NOS/c1-2-19-16-10-5-4-9-15(16)18-14-8-13-17-11-6-3-7-12-17/h4-5,9-10H,2-3,6-8,11-14H2,1H3. The van der Waals surface area contributed by atoms with Crippen molar-refractivity contribution in [2.75, 3.05) is 32.0 Å². The predicted octanol–water partition coefficient (Wildman–Crippen LogP) is 4.05. The van der Waals surface area contributed by atoms with Gasteiger partial charge in [0.05, 0.1) is 6.61 Å². The van der Waals surface area contributed by atoms with Gasteiger partial charge < -0.3 is 9.64 Å². The highest BCUT2D eigenvalue weighted by Crippen LogP contribution is 2.28. The highest BCUT2D eigenvalue weighted by molar-refractivity contribution is 7.99. The lowest BCUT2D eigenvalue weighted by molar-refractivity contribution is 0.204. The molecule has 0 atom stereocenters. The molecule has 1 fully saturated rings. The van der Waals surface area contributed by atoms with Gasteiger partial charge in [0.1, 0.15) is 5.75 Å². The fourth-order valence-electron chi connectivity index (χ4n) is 2.50. The molecule has 1 aromatic carbocycles. The predicted molar refractivity (Wildman–Crippen MR) is 83.2 cm³/mol.